The van der Waals surface area contributed by atoms with Gasteiger partial charge in [-0.2, -0.15) is 4.99 Å². The van der Waals surface area contributed by atoms with Crippen LogP contribution in [-0.4, -0.2) is 22.3 Å². The molecular formula is C21H19N3O3S. The second-order valence-electron chi connectivity index (χ2n) is 6.69. The molecule has 7 heteroatoms. The number of carbonyl (C=O) groups excluding carboxylic acids is 3. The molecule has 2 heterocycles. The smallest absolute Gasteiger partial charge is 0.279 e. The first kappa shape index (κ1) is 18.3. The van der Waals surface area contributed by atoms with Crippen molar-refractivity contribution in [1.82, 2.24) is 4.57 Å². The van der Waals surface area contributed by atoms with Gasteiger partial charge in [0, 0.05) is 25.5 Å². The monoisotopic (exact) mass is 393 g/mol. The van der Waals surface area contributed by atoms with Gasteiger partial charge in [0.2, 0.25) is 11.8 Å². The second kappa shape index (κ2) is 7.16. The number of amides is 3. The maximum Gasteiger partial charge on any atom is 0.279 e. The van der Waals surface area contributed by atoms with E-state index in [2.05, 4.69) is 24.0 Å². The van der Waals surface area contributed by atoms with Crippen LogP contribution in [-0.2, 0) is 23.1 Å². The van der Waals surface area contributed by atoms with E-state index in [9.17, 15) is 14.4 Å². The summed E-state index contributed by atoms with van der Waals surface area (Å²) >= 11 is 1.48. The Bertz CT molecular complexity index is 1160. The Morgan fingerprint density at radius 1 is 1.07 bits per heavy atom. The molecule has 4 rings (SSSR count). The Balaban J connectivity index is 1.65. The van der Waals surface area contributed by atoms with Crippen molar-refractivity contribution in [2.24, 2.45) is 12.0 Å². The Kier molecular flexibility index (Phi) is 4.68. The molecular weight excluding hydrogens is 374 g/mol. The lowest BCUT2D eigenvalue weighted by molar-refractivity contribution is -0.121. The highest BCUT2D eigenvalue weighted by Crippen LogP contribution is 2.23. The lowest BCUT2D eigenvalue weighted by Crippen LogP contribution is -2.28. The third-order valence-corrected chi connectivity index (χ3v) is 6.00. The van der Waals surface area contributed by atoms with E-state index in [1.807, 2.05) is 17.7 Å². The predicted octanol–water partition coefficient (Wildman–Crippen LogP) is 3.20. The number of anilines is 1. The number of benzene rings is 2. The number of nitrogens with zero attached hydrogens (tertiary/aromatic N) is 3. The zero-order valence-corrected chi connectivity index (χ0v) is 16.5. The van der Waals surface area contributed by atoms with Crippen LogP contribution in [0.4, 0.5) is 5.69 Å². The van der Waals surface area contributed by atoms with Crippen LogP contribution >= 0.6 is 11.3 Å². The zero-order chi connectivity index (χ0) is 19.8. The van der Waals surface area contributed by atoms with Gasteiger partial charge in [0.1, 0.15) is 0 Å². The molecule has 1 aromatic heterocycles. The molecule has 1 fully saturated rings. The quantitative estimate of drug-likeness (QED) is 0.642. The molecule has 0 bridgehead atoms. The lowest BCUT2D eigenvalue weighted by Gasteiger charge is -2.13. The molecule has 0 saturated carbocycles. The van der Waals surface area contributed by atoms with Crippen molar-refractivity contribution in [2.45, 2.75) is 26.2 Å². The Hall–Kier alpha value is -3.06. The van der Waals surface area contributed by atoms with E-state index in [-0.39, 0.29) is 30.6 Å². The van der Waals surface area contributed by atoms with Gasteiger partial charge in [-0.1, -0.05) is 24.3 Å². The standard InChI is InChI=1S/C21H19N3O3S/c1-3-13-4-9-16-17(12-13)28-21(23(16)2)22-20(27)14-5-7-15(8-6-14)24-18(25)10-11-19(24)26/h4-9,12H,3,10-11H2,1-2H3. The molecule has 1 aliphatic heterocycles. The van der Waals surface area contributed by atoms with E-state index in [0.717, 1.165) is 16.6 Å². The molecule has 0 aliphatic carbocycles. The third-order valence-electron chi connectivity index (χ3n) is 4.90. The summed E-state index contributed by atoms with van der Waals surface area (Å²) in [6.45, 7) is 2.11. The predicted molar refractivity (Wildman–Crippen MR) is 108 cm³/mol. The number of hydrogen-bond acceptors (Lipinski definition) is 4. The molecule has 1 saturated heterocycles. The van der Waals surface area contributed by atoms with Crippen LogP contribution in [0.1, 0.15) is 35.7 Å². The van der Waals surface area contributed by atoms with Gasteiger partial charge in [-0.15, -0.1) is 0 Å². The van der Waals surface area contributed by atoms with Crippen LogP contribution in [0.3, 0.4) is 0 Å². The first-order valence-electron chi connectivity index (χ1n) is 9.11. The van der Waals surface area contributed by atoms with E-state index in [4.69, 9.17) is 0 Å². The molecule has 1 aliphatic rings. The number of thiazole rings is 1. The largest absolute Gasteiger partial charge is 0.319 e. The number of aryl methyl sites for hydroxylation is 2. The van der Waals surface area contributed by atoms with Crippen LogP contribution in [0.2, 0.25) is 0 Å². The van der Waals surface area contributed by atoms with Crippen LogP contribution in [0.25, 0.3) is 10.2 Å². The SMILES string of the molecule is CCc1ccc2c(c1)sc(=NC(=O)c1ccc(N3C(=O)CCC3=O)cc1)n2C. The molecule has 6 nitrogen and oxygen atoms in total. The van der Waals surface area contributed by atoms with E-state index in [1.165, 1.54) is 21.8 Å². The fourth-order valence-corrected chi connectivity index (χ4v) is 4.35. The topological polar surface area (TPSA) is 71.7 Å². The molecule has 3 amide bonds. The van der Waals surface area contributed by atoms with E-state index in [1.54, 1.807) is 24.3 Å². The van der Waals surface area contributed by atoms with Gasteiger partial charge in [-0.3, -0.25) is 19.3 Å². The summed E-state index contributed by atoms with van der Waals surface area (Å²) in [4.78, 5) is 42.3. The summed E-state index contributed by atoms with van der Waals surface area (Å²) in [7, 11) is 1.89. The number of aromatic nitrogens is 1. The summed E-state index contributed by atoms with van der Waals surface area (Å²) in [5.41, 5.74) is 3.18. The number of carbonyl (C=O) groups is 3. The van der Waals surface area contributed by atoms with Crippen LogP contribution in [0, 0.1) is 0 Å². The summed E-state index contributed by atoms with van der Waals surface area (Å²) in [6.07, 6.45) is 1.42. The molecule has 0 spiro atoms. The Labute approximate surface area is 165 Å². The second-order valence-corrected chi connectivity index (χ2v) is 7.70. The van der Waals surface area contributed by atoms with Gasteiger partial charge >= 0.3 is 0 Å². The molecule has 0 unspecified atom stereocenters. The van der Waals surface area contributed by atoms with Crippen LogP contribution < -0.4 is 9.70 Å². The van der Waals surface area contributed by atoms with Gasteiger partial charge in [-0.25, -0.2) is 0 Å². The normalized spacial score (nSPS) is 15.1. The minimum Gasteiger partial charge on any atom is -0.319 e. The maximum atomic E-state index is 12.6. The summed E-state index contributed by atoms with van der Waals surface area (Å²) < 4.78 is 3.00. The average molecular weight is 393 g/mol. The van der Waals surface area contributed by atoms with E-state index >= 15 is 0 Å². The number of imide groups is 1. The first-order chi connectivity index (χ1) is 13.5. The van der Waals surface area contributed by atoms with Gasteiger partial charge < -0.3 is 4.57 Å². The van der Waals surface area contributed by atoms with Gasteiger partial charge in [0.05, 0.1) is 15.9 Å². The van der Waals surface area contributed by atoms with Crippen molar-refractivity contribution in [3.63, 3.8) is 0 Å². The fraction of sp³-hybridized carbons (Fsp3) is 0.238. The van der Waals surface area contributed by atoms with E-state index in [0.29, 0.717) is 16.1 Å². The highest BCUT2D eigenvalue weighted by atomic mass is 32.1. The van der Waals surface area contributed by atoms with Crippen molar-refractivity contribution in [3.8, 4) is 0 Å². The van der Waals surface area contributed by atoms with Crippen molar-refractivity contribution < 1.29 is 14.4 Å². The summed E-state index contributed by atoms with van der Waals surface area (Å²) in [6, 6.07) is 12.7. The minimum atomic E-state index is -0.358. The number of hydrogen-bond donors (Lipinski definition) is 0. The zero-order valence-electron chi connectivity index (χ0n) is 15.6. The van der Waals surface area contributed by atoms with Gasteiger partial charge in [0.15, 0.2) is 4.80 Å². The number of rotatable bonds is 3. The van der Waals surface area contributed by atoms with Crippen molar-refractivity contribution in [3.05, 3.63) is 58.4 Å². The molecule has 142 valence electrons. The third kappa shape index (κ3) is 3.18. The summed E-state index contributed by atoms with van der Waals surface area (Å²) in [5, 5.41) is 0. The molecule has 3 aromatic rings. The molecule has 28 heavy (non-hydrogen) atoms. The highest BCUT2D eigenvalue weighted by molar-refractivity contribution is 7.16. The molecule has 0 N–H and O–H groups in total. The maximum absolute atomic E-state index is 12.6. The summed E-state index contributed by atoms with van der Waals surface area (Å²) in [5.74, 6) is -0.779. The fourth-order valence-electron chi connectivity index (χ4n) is 3.27. The van der Waals surface area contributed by atoms with Crippen LogP contribution in [0.5, 0.6) is 0 Å². The van der Waals surface area contributed by atoms with Crippen molar-refractivity contribution >= 4 is 45.0 Å². The highest BCUT2D eigenvalue weighted by Gasteiger charge is 2.30. The molecule has 0 atom stereocenters. The van der Waals surface area contributed by atoms with Crippen molar-refractivity contribution in [2.75, 3.05) is 4.90 Å². The first-order valence-corrected chi connectivity index (χ1v) is 9.93. The molecule has 2 aromatic carbocycles. The number of fused-ring (bicyclic) bond motifs is 1. The Morgan fingerprint density at radius 2 is 1.75 bits per heavy atom. The van der Waals surface area contributed by atoms with Crippen LogP contribution in [0.15, 0.2) is 47.5 Å². The average Bonchev–Trinajstić information content (AvgIpc) is 3.20. The van der Waals surface area contributed by atoms with Crippen molar-refractivity contribution in [1.29, 1.82) is 0 Å². The van der Waals surface area contributed by atoms with E-state index < -0.39 is 0 Å². The van der Waals surface area contributed by atoms with Gasteiger partial charge in [-0.05, 0) is 48.4 Å². The van der Waals surface area contributed by atoms with Gasteiger partial charge in [0.25, 0.3) is 5.91 Å². The molecule has 0 radical (unpaired) electrons. The minimum absolute atomic E-state index is 0.211. The lowest BCUT2D eigenvalue weighted by atomic mass is 10.2. The Morgan fingerprint density at radius 3 is 2.39 bits per heavy atom.